The lowest BCUT2D eigenvalue weighted by molar-refractivity contribution is 0.0601. The quantitative estimate of drug-likeness (QED) is 0.504. The summed E-state index contributed by atoms with van der Waals surface area (Å²) in [5, 5.41) is 0.918. The predicted octanol–water partition coefficient (Wildman–Crippen LogP) is 6.59. The first-order chi connectivity index (χ1) is 11.8. The Balaban J connectivity index is 2.01. The molecule has 1 unspecified atom stereocenters. The zero-order chi connectivity index (χ0) is 18.3. The monoisotopic (exact) mass is 438 g/mol. The Kier molecular flexibility index (Phi) is 5.29. The highest BCUT2D eigenvalue weighted by molar-refractivity contribution is 9.10. The molecule has 0 aromatic heterocycles. The van der Waals surface area contributed by atoms with E-state index in [1.807, 2.05) is 0 Å². The third-order valence-corrected chi connectivity index (χ3v) is 5.95. The van der Waals surface area contributed by atoms with Crippen molar-refractivity contribution in [2.75, 3.05) is 7.11 Å². The number of hydrogen-bond donors (Lipinski definition) is 0. The molecule has 130 valence electrons. The molecule has 25 heavy (non-hydrogen) atoms. The summed E-state index contributed by atoms with van der Waals surface area (Å²) in [5.41, 5.74) is 6.09. The van der Waals surface area contributed by atoms with Gasteiger partial charge in [0.1, 0.15) is 0 Å². The molecule has 2 aromatic carbocycles. The fraction of sp³-hybridized carbons (Fsp3) is 0.250. The Morgan fingerprint density at radius 1 is 1.28 bits per heavy atom. The van der Waals surface area contributed by atoms with Gasteiger partial charge in [0.25, 0.3) is 0 Å². The van der Waals surface area contributed by atoms with Crippen LogP contribution in [0.5, 0.6) is 0 Å². The second kappa shape index (κ2) is 7.14. The maximum absolute atomic E-state index is 11.9. The molecule has 1 aliphatic carbocycles. The van der Waals surface area contributed by atoms with Gasteiger partial charge >= 0.3 is 5.97 Å². The Bertz CT molecular complexity index is 903. The number of allylic oxidation sites excluding steroid dienone is 1. The smallest absolute Gasteiger partial charge is 0.339 e. The lowest BCUT2D eigenvalue weighted by atomic mass is 9.92. The van der Waals surface area contributed by atoms with E-state index in [0.717, 1.165) is 10.0 Å². The number of rotatable bonds is 3. The summed E-state index contributed by atoms with van der Waals surface area (Å²) in [7, 11) is 1.34. The molecule has 0 radical (unpaired) electrons. The topological polar surface area (TPSA) is 26.3 Å². The molecule has 0 saturated carbocycles. The third-order valence-electron chi connectivity index (χ3n) is 4.71. The molecule has 0 fully saturated rings. The van der Waals surface area contributed by atoms with Crippen LogP contribution < -0.4 is 0 Å². The standard InChI is InChI=1S/C20H17BrCl2O2/c1-10-6-13(21)9-16-11(2)12(7-15(10)16)8-17-18(22)5-4-14(19(17)23)20(24)25-3/h4-7,9,11H,8H2,1-3H3. The number of halogens is 3. The van der Waals surface area contributed by atoms with E-state index < -0.39 is 5.97 Å². The van der Waals surface area contributed by atoms with Gasteiger partial charge < -0.3 is 4.74 Å². The second-order valence-electron chi connectivity index (χ2n) is 6.22. The van der Waals surface area contributed by atoms with E-state index in [9.17, 15) is 4.79 Å². The Morgan fingerprint density at radius 3 is 2.68 bits per heavy atom. The zero-order valence-corrected chi connectivity index (χ0v) is 17.2. The number of esters is 1. The van der Waals surface area contributed by atoms with Gasteiger partial charge in [-0.15, -0.1) is 0 Å². The molecular weight excluding hydrogens is 423 g/mol. The molecule has 0 aliphatic heterocycles. The van der Waals surface area contributed by atoms with E-state index >= 15 is 0 Å². The van der Waals surface area contributed by atoms with Gasteiger partial charge in [0, 0.05) is 15.4 Å². The number of ether oxygens (including phenoxy) is 1. The fourth-order valence-electron chi connectivity index (χ4n) is 3.28. The summed E-state index contributed by atoms with van der Waals surface area (Å²) in [6.45, 7) is 4.28. The highest BCUT2D eigenvalue weighted by Gasteiger charge is 2.25. The number of benzene rings is 2. The van der Waals surface area contributed by atoms with Crippen molar-refractivity contribution in [2.24, 2.45) is 0 Å². The normalized spacial score (nSPS) is 15.8. The molecule has 0 bridgehead atoms. The number of hydrogen-bond acceptors (Lipinski definition) is 2. The van der Waals surface area contributed by atoms with E-state index in [-0.39, 0.29) is 5.92 Å². The summed E-state index contributed by atoms with van der Waals surface area (Å²) in [4.78, 5) is 11.9. The van der Waals surface area contributed by atoms with E-state index in [0.29, 0.717) is 22.0 Å². The van der Waals surface area contributed by atoms with Gasteiger partial charge in [-0.05, 0) is 59.9 Å². The molecule has 3 rings (SSSR count). The molecule has 0 spiro atoms. The highest BCUT2D eigenvalue weighted by Crippen LogP contribution is 2.42. The lowest BCUT2D eigenvalue weighted by Crippen LogP contribution is -2.05. The summed E-state index contributed by atoms with van der Waals surface area (Å²) in [5.74, 6) is -0.195. The third kappa shape index (κ3) is 3.38. The van der Waals surface area contributed by atoms with Crippen LogP contribution in [0.3, 0.4) is 0 Å². The van der Waals surface area contributed by atoms with Crippen molar-refractivity contribution in [2.45, 2.75) is 26.2 Å². The Morgan fingerprint density at radius 2 is 2.00 bits per heavy atom. The van der Waals surface area contributed by atoms with Crippen molar-refractivity contribution in [3.8, 4) is 0 Å². The first kappa shape index (κ1) is 18.5. The predicted molar refractivity (Wildman–Crippen MR) is 107 cm³/mol. The van der Waals surface area contributed by atoms with Crippen LogP contribution in [-0.4, -0.2) is 13.1 Å². The van der Waals surface area contributed by atoms with Gasteiger partial charge in [-0.2, -0.15) is 0 Å². The minimum absolute atomic E-state index is 0.264. The van der Waals surface area contributed by atoms with Crippen molar-refractivity contribution in [1.29, 1.82) is 0 Å². The average Bonchev–Trinajstić information content (AvgIpc) is 2.88. The molecule has 0 heterocycles. The van der Waals surface area contributed by atoms with Crippen LogP contribution in [0.1, 0.15) is 45.5 Å². The molecule has 0 amide bonds. The number of methoxy groups -OCH3 is 1. The maximum Gasteiger partial charge on any atom is 0.339 e. The van der Waals surface area contributed by atoms with Gasteiger partial charge in [-0.3, -0.25) is 0 Å². The largest absolute Gasteiger partial charge is 0.465 e. The molecule has 2 aromatic rings. The fourth-order valence-corrected chi connectivity index (χ4v) is 4.45. The van der Waals surface area contributed by atoms with E-state index in [2.05, 4.69) is 48.0 Å². The van der Waals surface area contributed by atoms with Crippen LogP contribution in [0.25, 0.3) is 6.08 Å². The minimum Gasteiger partial charge on any atom is -0.465 e. The molecule has 1 aliphatic rings. The van der Waals surface area contributed by atoms with Crippen LogP contribution in [0, 0.1) is 6.92 Å². The second-order valence-corrected chi connectivity index (χ2v) is 7.92. The van der Waals surface area contributed by atoms with Crippen LogP contribution >= 0.6 is 39.1 Å². The summed E-state index contributed by atoms with van der Waals surface area (Å²) in [6, 6.07) is 7.57. The van der Waals surface area contributed by atoms with Gasteiger partial charge in [0.05, 0.1) is 17.7 Å². The first-order valence-corrected chi connectivity index (χ1v) is 9.44. The summed E-state index contributed by atoms with van der Waals surface area (Å²) < 4.78 is 5.87. The van der Waals surface area contributed by atoms with Crippen LogP contribution in [0.15, 0.2) is 34.3 Å². The molecule has 2 nitrogen and oxygen atoms in total. The Labute approximate surface area is 165 Å². The van der Waals surface area contributed by atoms with Gasteiger partial charge in [-0.25, -0.2) is 4.79 Å². The zero-order valence-electron chi connectivity index (χ0n) is 14.1. The van der Waals surface area contributed by atoms with Crippen LogP contribution in [-0.2, 0) is 11.2 Å². The van der Waals surface area contributed by atoms with E-state index in [1.165, 1.54) is 29.4 Å². The van der Waals surface area contributed by atoms with E-state index in [1.54, 1.807) is 12.1 Å². The molecule has 0 saturated heterocycles. The number of carbonyl (C=O) groups is 1. The number of carbonyl (C=O) groups excluding carboxylic acids is 1. The number of fused-ring (bicyclic) bond motifs is 1. The van der Waals surface area contributed by atoms with Crippen molar-refractivity contribution < 1.29 is 9.53 Å². The highest BCUT2D eigenvalue weighted by atomic mass is 79.9. The summed E-state index contributed by atoms with van der Waals surface area (Å²) in [6.07, 6.45) is 2.80. The van der Waals surface area contributed by atoms with Gasteiger partial charge in [0.15, 0.2) is 0 Å². The number of aryl methyl sites for hydroxylation is 1. The van der Waals surface area contributed by atoms with Crippen molar-refractivity contribution in [1.82, 2.24) is 0 Å². The van der Waals surface area contributed by atoms with Crippen molar-refractivity contribution in [3.05, 3.63) is 72.2 Å². The van der Waals surface area contributed by atoms with Crippen molar-refractivity contribution >= 4 is 51.2 Å². The average molecular weight is 440 g/mol. The van der Waals surface area contributed by atoms with Gasteiger partial charge in [-0.1, -0.05) is 57.7 Å². The molecule has 0 N–H and O–H groups in total. The molecule has 1 atom stereocenters. The SMILES string of the molecule is COC(=O)c1ccc(Cl)c(CC2=Cc3c(C)cc(Br)cc3C2C)c1Cl. The maximum atomic E-state index is 11.9. The lowest BCUT2D eigenvalue weighted by Gasteiger charge is -2.15. The summed E-state index contributed by atoms with van der Waals surface area (Å²) >= 11 is 16.4. The van der Waals surface area contributed by atoms with Crippen molar-refractivity contribution in [3.63, 3.8) is 0 Å². The van der Waals surface area contributed by atoms with E-state index in [4.69, 9.17) is 27.9 Å². The van der Waals surface area contributed by atoms with Gasteiger partial charge in [0.2, 0.25) is 0 Å². The minimum atomic E-state index is -0.459. The first-order valence-electron chi connectivity index (χ1n) is 7.89. The van der Waals surface area contributed by atoms with Crippen LogP contribution in [0.2, 0.25) is 10.0 Å². The molecular formula is C20H17BrCl2O2. The Hall–Kier alpha value is -1.29. The molecule has 5 heteroatoms. The van der Waals surface area contributed by atoms with Crippen LogP contribution in [0.4, 0.5) is 0 Å².